The molecule has 140 valence electrons. The van der Waals surface area contributed by atoms with Crippen LogP contribution in [0, 0.1) is 0 Å². The zero-order valence-electron chi connectivity index (χ0n) is 15.8. The van der Waals surface area contributed by atoms with Crippen molar-refractivity contribution in [3.8, 4) is 22.3 Å². The number of carbonyl (C=O) groups is 1. The molecule has 0 saturated carbocycles. The van der Waals surface area contributed by atoms with Gasteiger partial charge in [0, 0.05) is 17.2 Å². The predicted octanol–water partition coefficient (Wildman–Crippen LogP) is 6.80. The fourth-order valence-electron chi connectivity index (χ4n) is 3.21. The van der Waals surface area contributed by atoms with Crippen molar-refractivity contribution in [1.82, 2.24) is 0 Å². The van der Waals surface area contributed by atoms with Crippen LogP contribution in [0.1, 0.15) is 15.9 Å². The molecule has 1 N–H and O–H groups in total. The second kappa shape index (κ2) is 8.41. The van der Waals surface area contributed by atoms with Crippen LogP contribution in [-0.2, 0) is 0 Å². The molecule has 0 atom stereocenters. The maximum atomic E-state index is 12.5. The number of ketones is 1. The number of hydrogen-bond acceptors (Lipinski definition) is 2. The summed E-state index contributed by atoms with van der Waals surface area (Å²) in [6.45, 7) is 0. The van der Waals surface area contributed by atoms with Crippen LogP contribution in [0.2, 0.25) is 0 Å². The third kappa shape index (κ3) is 4.33. The summed E-state index contributed by atoms with van der Waals surface area (Å²) in [6.07, 6.45) is 1.27. The van der Waals surface area contributed by atoms with Gasteiger partial charge in [-0.1, -0.05) is 109 Å². The molecule has 0 bridgehead atoms. The Hall–Kier alpha value is -3.91. The molecule has 0 radical (unpaired) electrons. The standard InChI is InChI=1S/C27H20O2/c28-26(24-15-11-22(12-16-24)20-7-3-1-4-8-20)19-27(29)25-17-13-23(14-18-25)21-9-5-2-6-10-21/h1-19,28H. The maximum absolute atomic E-state index is 12.5. The number of benzene rings is 4. The summed E-state index contributed by atoms with van der Waals surface area (Å²) in [5.41, 5.74) is 5.47. The quantitative estimate of drug-likeness (QED) is 0.236. The lowest BCUT2D eigenvalue weighted by Gasteiger charge is -2.05. The molecule has 0 spiro atoms. The van der Waals surface area contributed by atoms with Crippen molar-refractivity contribution in [2.75, 3.05) is 0 Å². The van der Waals surface area contributed by atoms with Crippen molar-refractivity contribution in [1.29, 1.82) is 0 Å². The lowest BCUT2D eigenvalue weighted by atomic mass is 10.0. The Morgan fingerprint density at radius 1 is 0.517 bits per heavy atom. The first-order valence-corrected chi connectivity index (χ1v) is 9.47. The topological polar surface area (TPSA) is 37.3 Å². The summed E-state index contributed by atoms with van der Waals surface area (Å²) in [5.74, 6) is -0.268. The molecule has 4 aromatic carbocycles. The molecular formula is C27H20O2. The Labute approximate surface area is 170 Å². The molecule has 29 heavy (non-hydrogen) atoms. The van der Waals surface area contributed by atoms with E-state index >= 15 is 0 Å². The summed E-state index contributed by atoms with van der Waals surface area (Å²) in [7, 11) is 0. The smallest absolute Gasteiger partial charge is 0.189 e. The van der Waals surface area contributed by atoms with Crippen LogP contribution in [0.4, 0.5) is 0 Å². The maximum Gasteiger partial charge on any atom is 0.189 e. The largest absolute Gasteiger partial charge is 0.507 e. The molecule has 0 aromatic heterocycles. The van der Waals surface area contributed by atoms with Crippen LogP contribution < -0.4 is 0 Å². The average molecular weight is 376 g/mol. The Morgan fingerprint density at radius 2 is 0.897 bits per heavy atom. The SMILES string of the molecule is O=C(C=C(O)c1ccc(-c2ccccc2)cc1)c1ccc(-c2ccccc2)cc1. The number of aliphatic hydroxyl groups is 1. The molecule has 2 nitrogen and oxygen atoms in total. The highest BCUT2D eigenvalue weighted by atomic mass is 16.3. The number of hydrogen-bond donors (Lipinski definition) is 1. The van der Waals surface area contributed by atoms with Crippen LogP contribution in [-0.4, -0.2) is 10.9 Å². The third-order valence-corrected chi connectivity index (χ3v) is 4.83. The minimum Gasteiger partial charge on any atom is -0.507 e. The molecule has 0 aliphatic carbocycles. The van der Waals surface area contributed by atoms with Gasteiger partial charge in [0.1, 0.15) is 5.76 Å². The van der Waals surface area contributed by atoms with Gasteiger partial charge >= 0.3 is 0 Å². The average Bonchev–Trinajstić information content (AvgIpc) is 2.80. The number of carbonyl (C=O) groups excluding carboxylic acids is 1. The summed E-state index contributed by atoms with van der Waals surface area (Å²) >= 11 is 0. The molecule has 4 rings (SSSR count). The van der Waals surface area contributed by atoms with E-state index in [1.807, 2.05) is 97.1 Å². The van der Waals surface area contributed by atoms with Gasteiger partial charge in [0.15, 0.2) is 5.78 Å². The fraction of sp³-hybridized carbons (Fsp3) is 0. The summed E-state index contributed by atoms with van der Waals surface area (Å²) < 4.78 is 0. The van der Waals surface area contributed by atoms with Gasteiger partial charge in [-0.25, -0.2) is 0 Å². The zero-order chi connectivity index (χ0) is 20.1. The first-order valence-electron chi connectivity index (χ1n) is 9.47. The van der Waals surface area contributed by atoms with Crippen molar-refractivity contribution < 1.29 is 9.90 Å². The van der Waals surface area contributed by atoms with E-state index in [2.05, 4.69) is 0 Å². The van der Waals surface area contributed by atoms with Gasteiger partial charge in [0.2, 0.25) is 0 Å². The second-order valence-electron chi connectivity index (χ2n) is 6.78. The van der Waals surface area contributed by atoms with Crippen molar-refractivity contribution in [3.05, 3.63) is 126 Å². The molecule has 0 unspecified atom stereocenters. The minimum absolute atomic E-state index is 0.0400. The lowest BCUT2D eigenvalue weighted by Crippen LogP contribution is -1.96. The van der Waals surface area contributed by atoms with Gasteiger partial charge in [-0.15, -0.1) is 0 Å². The molecule has 0 fully saturated rings. The molecule has 2 heteroatoms. The second-order valence-corrected chi connectivity index (χ2v) is 6.78. The molecular weight excluding hydrogens is 356 g/mol. The molecule has 0 aliphatic rings. The third-order valence-electron chi connectivity index (χ3n) is 4.83. The van der Waals surface area contributed by atoms with Gasteiger partial charge in [0.25, 0.3) is 0 Å². The predicted molar refractivity (Wildman–Crippen MR) is 119 cm³/mol. The van der Waals surface area contributed by atoms with Gasteiger partial charge in [-0.3, -0.25) is 4.79 Å². The monoisotopic (exact) mass is 376 g/mol. The first kappa shape index (κ1) is 18.5. The summed E-state index contributed by atoms with van der Waals surface area (Å²) in [6, 6.07) is 34.9. The fourth-order valence-corrected chi connectivity index (χ4v) is 3.21. The van der Waals surface area contributed by atoms with Crippen LogP contribution in [0.3, 0.4) is 0 Å². The van der Waals surface area contributed by atoms with E-state index in [4.69, 9.17) is 0 Å². The lowest BCUT2D eigenvalue weighted by molar-refractivity contribution is 0.104. The van der Waals surface area contributed by atoms with Crippen molar-refractivity contribution >= 4 is 11.5 Å². The molecule has 0 aliphatic heterocycles. The van der Waals surface area contributed by atoms with E-state index < -0.39 is 0 Å². The first-order chi connectivity index (χ1) is 14.2. The van der Waals surface area contributed by atoms with Crippen molar-refractivity contribution in [3.63, 3.8) is 0 Å². The van der Waals surface area contributed by atoms with E-state index in [1.165, 1.54) is 6.08 Å². The molecule has 4 aromatic rings. The van der Waals surface area contributed by atoms with E-state index in [9.17, 15) is 9.90 Å². The zero-order valence-corrected chi connectivity index (χ0v) is 15.8. The van der Waals surface area contributed by atoms with E-state index in [-0.39, 0.29) is 11.5 Å². The van der Waals surface area contributed by atoms with E-state index in [1.54, 1.807) is 12.1 Å². The van der Waals surface area contributed by atoms with Crippen LogP contribution in [0.5, 0.6) is 0 Å². The number of allylic oxidation sites excluding steroid dienone is 1. The summed E-state index contributed by atoms with van der Waals surface area (Å²) in [4.78, 5) is 12.5. The highest BCUT2D eigenvalue weighted by Crippen LogP contribution is 2.23. The highest BCUT2D eigenvalue weighted by Gasteiger charge is 2.07. The van der Waals surface area contributed by atoms with E-state index in [0.29, 0.717) is 11.1 Å². The van der Waals surface area contributed by atoms with Crippen LogP contribution in [0.25, 0.3) is 28.0 Å². The highest BCUT2D eigenvalue weighted by molar-refractivity contribution is 6.08. The van der Waals surface area contributed by atoms with Gasteiger partial charge < -0.3 is 5.11 Å². The van der Waals surface area contributed by atoms with Crippen LogP contribution in [0.15, 0.2) is 115 Å². The Balaban J connectivity index is 1.50. The minimum atomic E-state index is -0.228. The van der Waals surface area contributed by atoms with Crippen LogP contribution >= 0.6 is 0 Å². The number of rotatable bonds is 5. The van der Waals surface area contributed by atoms with Gasteiger partial charge in [0.05, 0.1) is 0 Å². The van der Waals surface area contributed by atoms with Crippen molar-refractivity contribution in [2.45, 2.75) is 0 Å². The molecule has 0 saturated heterocycles. The van der Waals surface area contributed by atoms with Gasteiger partial charge in [-0.05, 0) is 22.3 Å². The van der Waals surface area contributed by atoms with Gasteiger partial charge in [-0.2, -0.15) is 0 Å². The normalized spacial score (nSPS) is 11.2. The Kier molecular flexibility index (Phi) is 5.35. The molecule has 0 amide bonds. The molecule has 0 heterocycles. The Bertz CT molecular complexity index is 1120. The number of aliphatic hydroxyl groups excluding tert-OH is 1. The van der Waals surface area contributed by atoms with Crippen molar-refractivity contribution in [2.24, 2.45) is 0 Å². The van der Waals surface area contributed by atoms with E-state index in [0.717, 1.165) is 22.3 Å². The summed E-state index contributed by atoms with van der Waals surface area (Å²) in [5, 5.41) is 10.4. The Morgan fingerprint density at radius 3 is 1.34 bits per heavy atom.